The summed E-state index contributed by atoms with van der Waals surface area (Å²) in [5.41, 5.74) is 1.43. The molecule has 1 rings (SSSR count). The van der Waals surface area contributed by atoms with Gasteiger partial charge in [-0.25, -0.2) is 0 Å². The van der Waals surface area contributed by atoms with Gasteiger partial charge in [-0.1, -0.05) is 122 Å². The van der Waals surface area contributed by atoms with Crippen LogP contribution in [0.1, 0.15) is 160 Å². The molecule has 1 aromatic carbocycles. The van der Waals surface area contributed by atoms with E-state index in [4.69, 9.17) is 0 Å². The fourth-order valence-corrected chi connectivity index (χ4v) is 4.98. The quantitative estimate of drug-likeness (QED) is 0.140. The van der Waals surface area contributed by atoms with E-state index in [2.05, 4.69) is 12.2 Å². The van der Waals surface area contributed by atoms with Crippen molar-refractivity contribution in [3.63, 3.8) is 0 Å². The van der Waals surface area contributed by atoms with Gasteiger partial charge in [0.2, 0.25) is 5.91 Å². The standard InChI is InChI=1S/C33H58N2O2/c1-4-7-8-9-10-11-12-13-14-15-16-17-18-19-20-21-22-23-24-25-32(36)34-31-28-26-30(27-29-31)33(37)35(5-2)6-3/h26-29H,4-25H2,1-3H3,(H,34,36). The molecule has 0 bridgehead atoms. The number of amides is 2. The van der Waals surface area contributed by atoms with E-state index in [0.29, 0.717) is 25.1 Å². The minimum absolute atomic E-state index is 0.0389. The second-order valence-corrected chi connectivity index (χ2v) is 10.7. The Morgan fingerprint density at radius 3 is 1.32 bits per heavy atom. The van der Waals surface area contributed by atoms with Crippen LogP contribution in [0.15, 0.2) is 24.3 Å². The van der Waals surface area contributed by atoms with E-state index in [0.717, 1.165) is 18.5 Å². The molecule has 1 aromatic rings. The summed E-state index contributed by atoms with van der Waals surface area (Å²) in [5, 5.41) is 2.96. The number of hydrogen-bond acceptors (Lipinski definition) is 2. The third kappa shape index (κ3) is 17.3. The molecule has 0 atom stereocenters. The Bertz CT molecular complexity index is 682. The number of hydrogen-bond donors (Lipinski definition) is 1. The molecule has 0 aromatic heterocycles. The van der Waals surface area contributed by atoms with Gasteiger partial charge in [0.25, 0.3) is 5.91 Å². The lowest BCUT2D eigenvalue weighted by Crippen LogP contribution is -2.30. The molecule has 0 aliphatic carbocycles. The zero-order chi connectivity index (χ0) is 27.0. The summed E-state index contributed by atoms with van der Waals surface area (Å²) in [6, 6.07) is 7.25. The molecule has 4 heteroatoms. The van der Waals surface area contributed by atoms with E-state index in [9.17, 15) is 9.59 Å². The fourth-order valence-electron chi connectivity index (χ4n) is 4.98. The zero-order valence-electron chi connectivity index (χ0n) is 24.6. The van der Waals surface area contributed by atoms with Gasteiger partial charge >= 0.3 is 0 Å². The Morgan fingerprint density at radius 1 is 0.568 bits per heavy atom. The largest absolute Gasteiger partial charge is 0.339 e. The van der Waals surface area contributed by atoms with Gasteiger partial charge in [-0.2, -0.15) is 0 Å². The lowest BCUT2D eigenvalue weighted by Gasteiger charge is -2.18. The average Bonchev–Trinajstić information content (AvgIpc) is 2.91. The van der Waals surface area contributed by atoms with Gasteiger partial charge in [0.1, 0.15) is 0 Å². The van der Waals surface area contributed by atoms with Crippen LogP contribution in [-0.4, -0.2) is 29.8 Å². The van der Waals surface area contributed by atoms with E-state index >= 15 is 0 Å². The molecule has 37 heavy (non-hydrogen) atoms. The van der Waals surface area contributed by atoms with E-state index in [1.807, 2.05) is 26.0 Å². The van der Waals surface area contributed by atoms with Gasteiger partial charge in [-0.15, -0.1) is 0 Å². The molecular weight excluding hydrogens is 456 g/mol. The number of carbonyl (C=O) groups is 2. The van der Waals surface area contributed by atoms with E-state index in [-0.39, 0.29) is 11.8 Å². The van der Waals surface area contributed by atoms with Crippen LogP contribution in [0.4, 0.5) is 5.69 Å². The van der Waals surface area contributed by atoms with Gasteiger partial charge in [0, 0.05) is 30.8 Å². The predicted octanol–water partition coefficient (Wildman–Crippen LogP) is 9.93. The summed E-state index contributed by atoms with van der Waals surface area (Å²) in [7, 11) is 0. The van der Waals surface area contributed by atoms with Crippen LogP contribution in [-0.2, 0) is 4.79 Å². The maximum absolute atomic E-state index is 12.4. The molecule has 0 heterocycles. The SMILES string of the molecule is CCCCCCCCCCCCCCCCCCCCCC(=O)Nc1ccc(C(=O)N(CC)CC)cc1. The van der Waals surface area contributed by atoms with Crippen LogP contribution in [0.3, 0.4) is 0 Å². The number of carbonyl (C=O) groups excluding carboxylic acids is 2. The van der Waals surface area contributed by atoms with Crippen molar-refractivity contribution in [2.45, 2.75) is 149 Å². The maximum atomic E-state index is 12.4. The van der Waals surface area contributed by atoms with E-state index < -0.39 is 0 Å². The van der Waals surface area contributed by atoms with Crippen LogP contribution in [0.2, 0.25) is 0 Å². The van der Waals surface area contributed by atoms with Crippen LogP contribution < -0.4 is 5.32 Å². The third-order valence-corrected chi connectivity index (χ3v) is 7.47. The van der Waals surface area contributed by atoms with Crippen molar-refractivity contribution in [1.82, 2.24) is 4.90 Å². The number of nitrogens with zero attached hydrogens (tertiary/aromatic N) is 1. The van der Waals surface area contributed by atoms with Crippen molar-refractivity contribution in [1.29, 1.82) is 0 Å². The molecule has 0 fully saturated rings. The number of rotatable bonds is 24. The van der Waals surface area contributed by atoms with Crippen molar-refractivity contribution in [2.24, 2.45) is 0 Å². The van der Waals surface area contributed by atoms with Gasteiger partial charge in [-0.05, 0) is 44.5 Å². The first-order chi connectivity index (χ1) is 18.1. The first-order valence-corrected chi connectivity index (χ1v) is 15.8. The smallest absolute Gasteiger partial charge is 0.253 e. The molecule has 212 valence electrons. The Morgan fingerprint density at radius 2 is 0.946 bits per heavy atom. The summed E-state index contributed by atoms with van der Waals surface area (Å²) in [4.78, 5) is 26.4. The topological polar surface area (TPSA) is 49.4 Å². The number of unbranched alkanes of at least 4 members (excludes halogenated alkanes) is 18. The Kier molecular flexibility index (Phi) is 20.9. The zero-order valence-corrected chi connectivity index (χ0v) is 24.6. The minimum Gasteiger partial charge on any atom is -0.339 e. The van der Waals surface area contributed by atoms with Crippen molar-refractivity contribution in [2.75, 3.05) is 18.4 Å². The first-order valence-electron chi connectivity index (χ1n) is 15.8. The van der Waals surface area contributed by atoms with Crippen molar-refractivity contribution < 1.29 is 9.59 Å². The molecule has 0 saturated heterocycles. The summed E-state index contributed by atoms with van der Waals surface area (Å²) >= 11 is 0. The van der Waals surface area contributed by atoms with Gasteiger partial charge in [0.05, 0.1) is 0 Å². The second-order valence-electron chi connectivity index (χ2n) is 10.7. The average molecular weight is 515 g/mol. The maximum Gasteiger partial charge on any atom is 0.253 e. The lowest BCUT2D eigenvalue weighted by molar-refractivity contribution is -0.116. The van der Waals surface area contributed by atoms with Gasteiger partial charge in [0.15, 0.2) is 0 Å². The van der Waals surface area contributed by atoms with E-state index in [1.54, 1.807) is 17.0 Å². The lowest BCUT2D eigenvalue weighted by atomic mass is 10.0. The highest BCUT2D eigenvalue weighted by Gasteiger charge is 2.12. The second kappa shape index (κ2) is 23.3. The fraction of sp³-hybridized carbons (Fsp3) is 0.758. The molecule has 0 saturated carbocycles. The van der Waals surface area contributed by atoms with E-state index in [1.165, 1.54) is 109 Å². The summed E-state index contributed by atoms with van der Waals surface area (Å²) in [6.07, 6.45) is 26.4. The van der Waals surface area contributed by atoms with Crippen LogP contribution in [0.25, 0.3) is 0 Å². The highest BCUT2D eigenvalue weighted by molar-refractivity contribution is 5.95. The third-order valence-electron chi connectivity index (χ3n) is 7.47. The summed E-state index contributed by atoms with van der Waals surface area (Å²) < 4.78 is 0. The molecule has 0 unspecified atom stereocenters. The molecule has 2 amide bonds. The molecule has 0 spiro atoms. The van der Waals surface area contributed by atoms with Crippen LogP contribution in [0.5, 0.6) is 0 Å². The molecular formula is C33H58N2O2. The highest BCUT2D eigenvalue weighted by atomic mass is 16.2. The first kappa shape index (κ1) is 33.2. The van der Waals surface area contributed by atoms with Crippen molar-refractivity contribution >= 4 is 17.5 Å². The molecule has 4 nitrogen and oxygen atoms in total. The Balaban J connectivity index is 1.91. The summed E-state index contributed by atoms with van der Waals surface area (Å²) in [5.74, 6) is 0.103. The van der Waals surface area contributed by atoms with Gasteiger partial charge in [-0.3, -0.25) is 9.59 Å². The predicted molar refractivity (Wildman–Crippen MR) is 160 cm³/mol. The normalized spacial score (nSPS) is 11.0. The monoisotopic (exact) mass is 514 g/mol. The molecule has 0 radical (unpaired) electrons. The number of nitrogens with one attached hydrogen (secondary N) is 1. The Hall–Kier alpha value is -1.84. The number of benzene rings is 1. The van der Waals surface area contributed by atoms with Gasteiger partial charge < -0.3 is 10.2 Å². The molecule has 1 N–H and O–H groups in total. The van der Waals surface area contributed by atoms with Crippen LogP contribution in [0, 0.1) is 0 Å². The van der Waals surface area contributed by atoms with Crippen molar-refractivity contribution in [3.8, 4) is 0 Å². The minimum atomic E-state index is 0.0389. The summed E-state index contributed by atoms with van der Waals surface area (Å²) in [6.45, 7) is 7.65. The van der Waals surface area contributed by atoms with Crippen LogP contribution >= 0.6 is 0 Å². The van der Waals surface area contributed by atoms with Crippen molar-refractivity contribution in [3.05, 3.63) is 29.8 Å². The highest BCUT2D eigenvalue weighted by Crippen LogP contribution is 2.16. The number of anilines is 1. The molecule has 0 aliphatic rings. The Labute approximate surface area is 229 Å². The molecule has 0 aliphatic heterocycles.